The van der Waals surface area contributed by atoms with Gasteiger partial charge in [0.15, 0.2) is 0 Å². The van der Waals surface area contributed by atoms with E-state index in [4.69, 9.17) is 4.74 Å². The van der Waals surface area contributed by atoms with Crippen LogP contribution in [0.15, 0.2) is 42.5 Å². The van der Waals surface area contributed by atoms with Crippen LogP contribution in [-0.4, -0.2) is 52.1 Å². The van der Waals surface area contributed by atoms with Crippen LogP contribution in [0.1, 0.15) is 82.7 Å². The number of ether oxygens (including phenoxy) is 1. The Kier molecular flexibility index (Phi) is 11.4. The molecule has 214 valence electrons. The Morgan fingerprint density at radius 3 is 2.08 bits per heavy atom. The van der Waals surface area contributed by atoms with Gasteiger partial charge < -0.3 is 25.4 Å². The standard InChI is InChI=1S/C31H45N3O5/c1-9-10-15-34(27(28(36)32-20(2)3)24-17-21(4)16-22(5)18-24)29(37)26(33-30(38)39-31(6,7)8)19-23-11-13-25(35)14-12-23/h11-14,16-18,20,26-27,35H,9-10,15,19H2,1-8H3,(H,32,36)(H,33,38). The average Bonchev–Trinajstić information content (AvgIpc) is 2.79. The number of carbonyl (C=O) groups is 3. The van der Waals surface area contributed by atoms with Crippen molar-refractivity contribution < 1.29 is 24.2 Å². The van der Waals surface area contributed by atoms with Crippen molar-refractivity contribution in [2.24, 2.45) is 0 Å². The fourth-order valence-electron chi connectivity index (χ4n) is 4.42. The maximum Gasteiger partial charge on any atom is 0.408 e. The first kappa shape index (κ1) is 31.7. The van der Waals surface area contributed by atoms with Crippen LogP contribution in [0.25, 0.3) is 0 Å². The minimum atomic E-state index is -0.999. The smallest absolute Gasteiger partial charge is 0.408 e. The summed E-state index contributed by atoms with van der Waals surface area (Å²) in [7, 11) is 0. The number of phenolic OH excluding ortho intramolecular Hbond substituents is 1. The highest BCUT2D eigenvalue weighted by molar-refractivity contribution is 5.92. The van der Waals surface area contributed by atoms with Gasteiger partial charge in [-0.15, -0.1) is 0 Å². The van der Waals surface area contributed by atoms with Crippen molar-refractivity contribution in [3.63, 3.8) is 0 Å². The summed E-state index contributed by atoms with van der Waals surface area (Å²) < 4.78 is 5.47. The second kappa shape index (κ2) is 14.0. The Bertz CT molecular complexity index is 1100. The first-order chi connectivity index (χ1) is 18.2. The molecule has 39 heavy (non-hydrogen) atoms. The molecule has 0 fully saturated rings. The summed E-state index contributed by atoms with van der Waals surface area (Å²) in [5.74, 6) is -0.558. The van der Waals surface area contributed by atoms with Crippen LogP contribution in [0.3, 0.4) is 0 Å². The van der Waals surface area contributed by atoms with E-state index >= 15 is 0 Å². The highest BCUT2D eigenvalue weighted by atomic mass is 16.6. The predicted octanol–water partition coefficient (Wildman–Crippen LogP) is 5.34. The van der Waals surface area contributed by atoms with E-state index < -0.39 is 23.8 Å². The first-order valence-electron chi connectivity index (χ1n) is 13.7. The maximum atomic E-state index is 14.3. The number of amides is 3. The number of rotatable bonds is 11. The van der Waals surface area contributed by atoms with E-state index in [0.717, 1.165) is 28.7 Å². The molecule has 2 aromatic carbocycles. The molecule has 3 N–H and O–H groups in total. The predicted molar refractivity (Wildman–Crippen MR) is 154 cm³/mol. The summed E-state index contributed by atoms with van der Waals surface area (Å²) in [6, 6.07) is 10.4. The van der Waals surface area contributed by atoms with Crippen LogP contribution in [0.4, 0.5) is 4.79 Å². The van der Waals surface area contributed by atoms with Crippen LogP contribution >= 0.6 is 0 Å². The van der Waals surface area contributed by atoms with Crippen molar-refractivity contribution in [3.05, 3.63) is 64.7 Å². The third-order valence-electron chi connectivity index (χ3n) is 5.95. The zero-order chi connectivity index (χ0) is 29.3. The summed E-state index contributed by atoms with van der Waals surface area (Å²) in [5.41, 5.74) is 2.69. The van der Waals surface area contributed by atoms with E-state index in [-0.39, 0.29) is 30.0 Å². The lowest BCUT2D eigenvalue weighted by Gasteiger charge is -2.35. The van der Waals surface area contributed by atoms with Crippen molar-refractivity contribution in [2.45, 2.75) is 98.4 Å². The summed E-state index contributed by atoms with van der Waals surface area (Å²) >= 11 is 0. The van der Waals surface area contributed by atoms with Crippen molar-refractivity contribution >= 4 is 17.9 Å². The lowest BCUT2D eigenvalue weighted by atomic mass is 9.97. The van der Waals surface area contributed by atoms with E-state index in [1.54, 1.807) is 37.8 Å². The van der Waals surface area contributed by atoms with Gasteiger partial charge in [-0.05, 0) is 78.1 Å². The van der Waals surface area contributed by atoms with Crippen molar-refractivity contribution in [1.82, 2.24) is 15.5 Å². The zero-order valence-electron chi connectivity index (χ0n) is 24.6. The number of alkyl carbamates (subject to hydrolysis) is 1. The molecule has 0 aliphatic heterocycles. The molecule has 0 aliphatic rings. The van der Waals surface area contributed by atoms with Crippen LogP contribution < -0.4 is 10.6 Å². The zero-order valence-corrected chi connectivity index (χ0v) is 24.6. The van der Waals surface area contributed by atoms with Crippen LogP contribution in [0.5, 0.6) is 5.75 Å². The van der Waals surface area contributed by atoms with Gasteiger partial charge in [0.2, 0.25) is 11.8 Å². The maximum absolute atomic E-state index is 14.3. The van der Waals surface area contributed by atoms with Crippen LogP contribution in [0.2, 0.25) is 0 Å². The molecule has 0 aromatic heterocycles. The summed E-state index contributed by atoms with van der Waals surface area (Å²) in [5, 5.41) is 15.5. The highest BCUT2D eigenvalue weighted by Gasteiger charge is 2.36. The Labute approximate surface area is 233 Å². The minimum Gasteiger partial charge on any atom is -0.508 e. The molecule has 2 rings (SSSR count). The van der Waals surface area contributed by atoms with Gasteiger partial charge in [0.1, 0.15) is 23.4 Å². The van der Waals surface area contributed by atoms with E-state index in [0.29, 0.717) is 13.0 Å². The molecule has 0 heterocycles. The fourth-order valence-corrected chi connectivity index (χ4v) is 4.42. The molecular formula is C31H45N3O5. The number of aromatic hydroxyl groups is 1. The van der Waals surface area contributed by atoms with E-state index in [1.807, 2.05) is 52.8 Å². The normalized spacial score (nSPS) is 12.9. The molecule has 0 saturated carbocycles. The van der Waals surface area contributed by atoms with Crippen molar-refractivity contribution in [3.8, 4) is 5.75 Å². The summed E-state index contributed by atoms with van der Waals surface area (Å²) in [6.45, 7) is 15.3. The molecule has 3 amide bonds. The molecule has 0 radical (unpaired) electrons. The summed E-state index contributed by atoms with van der Waals surface area (Å²) in [4.78, 5) is 42.4. The van der Waals surface area contributed by atoms with E-state index in [9.17, 15) is 19.5 Å². The number of aryl methyl sites for hydroxylation is 2. The van der Waals surface area contributed by atoms with Crippen LogP contribution in [0, 0.1) is 13.8 Å². The largest absolute Gasteiger partial charge is 0.508 e. The van der Waals surface area contributed by atoms with Crippen molar-refractivity contribution in [2.75, 3.05) is 6.54 Å². The molecule has 8 nitrogen and oxygen atoms in total. The number of phenols is 1. The second-order valence-corrected chi connectivity index (χ2v) is 11.4. The van der Waals surface area contributed by atoms with Gasteiger partial charge in [0, 0.05) is 19.0 Å². The van der Waals surface area contributed by atoms with Crippen molar-refractivity contribution in [1.29, 1.82) is 0 Å². The van der Waals surface area contributed by atoms with Gasteiger partial charge in [0.25, 0.3) is 0 Å². The first-order valence-corrected chi connectivity index (χ1v) is 13.7. The van der Waals surface area contributed by atoms with Gasteiger partial charge in [-0.3, -0.25) is 9.59 Å². The average molecular weight is 540 g/mol. The molecule has 0 bridgehead atoms. The van der Waals surface area contributed by atoms with Crippen LogP contribution in [-0.2, 0) is 20.7 Å². The molecule has 8 heteroatoms. The van der Waals surface area contributed by atoms with Gasteiger partial charge in [0.05, 0.1) is 0 Å². The monoisotopic (exact) mass is 539 g/mol. The Morgan fingerprint density at radius 1 is 0.974 bits per heavy atom. The number of nitrogens with one attached hydrogen (secondary N) is 2. The highest BCUT2D eigenvalue weighted by Crippen LogP contribution is 2.26. The molecule has 0 spiro atoms. The van der Waals surface area contributed by atoms with Gasteiger partial charge in [-0.1, -0.05) is 54.8 Å². The van der Waals surface area contributed by atoms with Gasteiger partial charge >= 0.3 is 6.09 Å². The molecule has 0 aliphatic carbocycles. The molecular weight excluding hydrogens is 494 g/mol. The fraction of sp³-hybridized carbons (Fsp3) is 0.516. The number of nitrogens with zero attached hydrogens (tertiary/aromatic N) is 1. The van der Waals surface area contributed by atoms with Gasteiger partial charge in [-0.2, -0.15) is 0 Å². The topological polar surface area (TPSA) is 108 Å². The third kappa shape index (κ3) is 10.3. The number of carbonyl (C=O) groups excluding carboxylic acids is 3. The molecule has 2 unspecified atom stereocenters. The molecule has 2 aromatic rings. The number of hydrogen-bond acceptors (Lipinski definition) is 5. The number of hydrogen-bond donors (Lipinski definition) is 3. The lowest BCUT2D eigenvalue weighted by Crippen LogP contribution is -2.54. The molecule has 2 atom stereocenters. The minimum absolute atomic E-state index is 0.103. The lowest BCUT2D eigenvalue weighted by molar-refractivity contribution is -0.142. The Balaban J connectivity index is 2.58. The Hall–Kier alpha value is -3.55. The Morgan fingerprint density at radius 2 is 1.56 bits per heavy atom. The quantitative estimate of drug-likeness (QED) is 0.357. The second-order valence-electron chi connectivity index (χ2n) is 11.4. The van der Waals surface area contributed by atoms with E-state index in [2.05, 4.69) is 10.6 Å². The van der Waals surface area contributed by atoms with E-state index in [1.165, 1.54) is 12.1 Å². The number of unbranched alkanes of at least 4 members (excludes halogenated alkanes) is 1. The SMILES string of the molecule is CCCCN(C(=O)C(Cc1ccc(O)cc1)NC(=O)OC(C)(C)C)C(C(=O)NC(C)C)c1cc(C)cc(C)c1. The molecule has 0 saturated heterocycles. The number of benzene rings is 2. The summed E-state index contributed by atoms with van der Waals surface area (Å²) in [6.07, 6.45) is 0.939. The third-order valence-corrected chi connectivity index (χ3v) is 5.95. The van der Waals surface area contributed by atoms with Gasteiger partial charge in [-0.25, -0.2) is 4.79 Å².